The van der Waals surface area contributed by atoms with Gasteiger partial charge in [0.05, 0.1) is 22.2 Å². The molecule has 3 aliphatic heterocycles. The lowest BCUT2D eigenvalue weighted by Gasteiger charge is -2.34. The first-order valence-electron chi connectivity index (χ1n) is 10.9. The first kappa shape index (κ1) is 22.3. The molecule has 1 saturated heterocycles. The van der Waals surface area contributed by atoms with Crippen LogP contribution < -0.4 is 9.64 Å². The van der Waals surface area contributed by atoms with Crippen LogP contribution in [-0.2, 0) is 10.0 Å². The SMILES string of the molecule is CC1(C)CN=C2C(=O)c3cc(S(=O)(=O)N4CCC[C@H]4COc4cccc(Cl)n4)ccc3N2C1. The van der Waals surface area contributed by atoms with Crippen LogP contribution in [0.3, 0.4) is 0 Å². The average molecular weight is 489 g/mol. The Hall–Kier alpha value is -2.49. The largest absolute Gasteiger partial charge is 0.476 e. The van der Waals surface area contributed by atoms with E-state index in [2.05, 4.69) is 23.8 Å². The number of benzene rings is 1. The predicted molar refractivity (Wildman–Crippen MR) is 126 cm³/mol. The van der Waals surface area contributed by atoms with Gasteiger partial charge in [-0.05, 0) is 37.1 Å². The van der Waals surface area contributed by atoms with Crippen molar-refractivity contribution in [2.24, 2.45) is 10.4 Å². The second kappa shape index (κ2) is 8.07. The zero-order valence-electron chi connectivity index (χ0n) is 18.5. The Morgan fingerprint density at radius 3 is 2.85 bits per heavy atom. The average Bonchev–Trinajstić information content (AvgIpc) is 3.35. The molecule has 10 heteroatoms. The number of ether oxygens (including phenoxy) is 1. The number of nitrogens with zero attached hydrogens (tertiary/aromatic N) is 4. The zero-order chi connectivity index (χ0) is 23.4. The van der Waals surface area contributed by atoms with Gasteiger partial charge in [0.15, 0.2) is 5.84 Å². The van der Waals surface area contributed by atoms with Crippen molar-refractivity contribution < 1.29 is 17.9 Å². The molecule has 5 rings (SSSR count). The summed E-state index contributed by atoms with van der Waals surface area (Å²) in [5.41, 5.74) is 1.05. The quantitative estimate of drug-likeness (QED) is 0.599. The van der Waals surface area contributed by atoms with E-state index in [4.69, 9.17) is 16.3 Å². The summed E-state index contributed by atoms with van der Waals surface area (Å²) in [6, 6.07) is 9.54. The fourth-order valence-corrected chi connectivity index (χ4v) is 6.48. The number of pyridine rings is 1. The first-order chi connectivity index (χ1) is 15.7. The molecule has 1 aromatic carbocycles. The molecule has 0 spiro atoms. The van der Waals surface area contributed by atoms with Crippen LogP contribution in [0.1, 0.15) is 37.0 Å². The summed E-state index contributed by atoms with van der Waals surface area (Å²) in [5, 5.41) is 0.315. The second-order valence-electron chi connectivity index (χ2n) is 9.42. The number of aliphatic imine (C=N–C) groups is 1. The number of hydrogen-bond acceptors (Lipinski definition) is 7. The highest BCUT2D eigenvalue weighted by atomic mass is 35.5. The van der Waals surface area contributed by atoms with Crippen LogP contribution in [0.25, 0.3) is 0 Å². The number of halogens is 1. The van der Waals surface area contributed by atoms with Gasteiger partial charge in [0.2, 0.25) is 21.7 Å². The van der Waals surface area contributed by atoms with Gasteiger partial charge in [-0.3, -0.25) is 9.79 Å². The van der Waals surface area contributed by atoms with Crippen molar-refractivity contribution >= 4 is 38.9 Å². The van der Waals surface area contributed by atoms with Gasteiger partial charge >= 0.3 is 0 Å². The lowest BCUT2D eigenvalue weighted by molar-refractivity contribution is 0.106. The number of aromatic nitrogens is 1. The van der Waals surface area contributed by atoms with Crippen LogP contribution in [0.4, 0.5) is 5.69 Å². The maximum atomic E-state index is 13.5. The molecule has 174 valence electrons. The number of sulfonamides is 1. The lowest BCUT2D eigenvalue weighted by atomic mass is 9.91. The molecule has 4 heterocycles. The molecule has 8 nitrogen and oxygen atoms in total. The van der Waals surface area contributed by atoms with Gasteiger partial charge in [0, 0.05) is 31.1 Å². The number of fused-ring (bicyclic) bond motifs is 3. The summed E-state index contributed by atoms with van der Waals surface area (Å²) in [7, 11) is -3.80. The molecule has 3 aliphatic rings. The maximum absolute atomic E-state index is 13.5. The van der Waals surface area contributed by atoms with Gasteiger partial charge in [-0.2, -0.15) is 4.31 Å². The second-order valence-corrected chi connectivity index (χ2v) is 11.7. The lowest BCUT2D eigenvalue weighted by Crippen LogP contribution is -2.44. The molecule has 0 radical (unpaired) electrons. The fourth-order valence-electron chi connectivity index (χ4n) is 4.61. The van der Waals surface area contributed by atoms with Crippen LogP contribution in [0.15, 0.2) is 46.3 Å². The van der Waals surface area contributed by atoms with Gasteiger partial charge in [0.25, 0.3) is 0 Å². The molecule has 0 saturated carbocycles. The van der Waals surface area contributed by atoms with Crippen LogP contribution in [0, 0.1) is 5.41 Å². The minimum atomic E-state index is -3.80. The molecule has 2 aromatic rings. The number of carbonyl (C=O) groups excluding carboxylic acids is 1. The van der Waals surface area contributed by atoms with Gasteiger partial charge in [-0.25, -0.2) is 13.4 Å². The fraction of sp³-hybridized carbons (Fsp3) is 0.435. The van der Waals surface area contributed by atoms with Gasteiger partial charge in [-0.1, -0.05) is 31.5 Å². The molecule has 1 atom stereocenters. The Morgan fingerprint density at radius 1 is 1.24 bits per heavy atom. The number of carbonyl (C=O) groups is 1. The van der Waals surface area contributed by atoms with E-state index >= 15 is 0 Å². The van der Waals surface area contributed by atoms with Crippen molar-refractivity contribution in [1.82, 2.24) is 9.29 Å². The number of Topliss-reactive ketones (excluding diaryl/α,β-unsaturated/α-hetero) is 1. The number of anilines is 1. The molecule has 0 unspecified atom stereocenters. The van der Waals surface area contributed by atoms with Gasteiger partial charge in [0.1, 0.15) is 11.8 Å². The van der Waals surface area contributed by atoms with E-state index < -0.39 is 10.0 Å². The summed E-state index contributed by atoms with van der Waals surface area (Å²) >= 11 is 5.90. The molecule has 1 aromatic heterocycles. The Kier molecular flexibility index (Phi) is 5.46. The summed E-state index contributed by atoms with van der Waals surface area (Å²) in [5.74, 6) is 0.543. The molecule has 1 fully saturated rings. The minimum Gasteiger partial charge on any atom is -0.476 e. The highest BCUT2D eigenvalue weighted by Gasteiger charge is 2.42. The topological polar surface area (TPSA) is 92.2 Å². The normalized spacial score (nSPS) is 22.2. The number of rotatable bonds is 5. The highest BCUT2D eigenvalue weighted by Crippen LogP contribution is 2.37. The molecular weight excluding hydrogens is 464 g/mol. The predicted octanol–water partition coefficient (Wildman–Crippen LogP) is 3.41. The van der Waals surface area contributed by atoms with Crippen molar-refractivity contribution in [2.75, 3.05) is 31.1 Å². The minimum absolute atomic E-state index is 0.0588. The summed E-state index contributed by atoms with van der Waals surface area (Å²) in [4.78, 5) is 23.6. The van der Waals surface area contributed by atoms with Gasteiger partial charge < -0.3 is 9.64 Å². The molecule has 0 N–H and O–H groups in total. The Bertz CT molecular complexity index is 1260. The van der Waals surface area contributed by atoms with Crippen LogP contribution in [-0.4, -0.2) is 61.6 Å². The van der Waals surface area contributed by atoms with E-state index in [-0.39, 0.29) is 28.7 Å². The van der Waals surface area contributed by atoms with Crippen LogP contribution in [0.5, 0.6) is 5.88 Å². The summed E-state index contributed by atoms with van der Waals surface area (Å²) in [6.07, 6.45) is 1.42. The number of amidine groups is 1. The zero-order valence-corrected chi connectivity index (χ0v) is 20.1. The van der Waals surface area contributed by atoms with E-state index in [0.29, 0.717) is 48.5 Å². The van der Waals surface area contributed by atoms with Crippen molar-refractivity contribution in [1.29, 1.82) is 0 Å². The van der Waals surface area contributed by atoms with Crippen molar-refractivity contribution in [3.05, 3.63) is 47.1 Å². The molecule has 0 bridgehead atoms. The van der Waals surface area contributed by atoms with Crippen LogP contribution in [0.2, 0.25) is 5.15 Å². The maximum Gasteiger partial charge on any atom is 0.243 e. The van der Waals surface area contributed by atoms with E-state index in [1.807, 2.05) is 4.90 Å². The van der Waals surface area contributed by atoms with Gasteiger partial charge in [-0.15, -0.1) is 0 Å². The summed E-state index contributed by atoms with van der Waals surface area (Å²) in [6.45, 7) is 6.01. The van der Waals surface area contributed by atoms with Crippen LogP contribution >= 0.6 is 11.6 Å². The standard InChI is InChI=1S/C23H25ClN4O4S/c1-23(2)13-25-22-21(29)17-11-16(8-9-18(17)27(22)14-23)33(30,31)28-10-4-5-15(28)12-32-20-7-3-6-19(24)26-20/h3,6-9,11,15H,4-5,10,12-14H2,1-2H3/t15-/m0/s1. The first-order valence-corrected chi connectivity index (χ1v) is 12.8. The number of hydrogen-bond donors (Lipinski definition) is 0. The van der Waals surface area contributed by atoms with E-state index in [1.165, 1.54) is 10.4 Å². The number of ketones is 1. The molecule has 0 aliphatic carbocycles. The van der Waals surface area contributed by atoms with E-state index in [0.717, 1.165) is 12.1 Å². The smallest absolute Gasteiger partial charge is 0.243 e. The third kappa shape index (κ3) is 4.02. The monoisotopic (exact) mass is 488 g/mol. The van der Waals surface area contributed by atoms with Crippen molar-refractivity contribution in [2.45, 2.75) is 37.6 Å². The van der Waals surface area contributed by atoms with E-state index in [9.17, 15) is 13.2 Å². The van der Waals surface area contributed by atoms with Crippen molar-refractivity contribution in [3.63, 3.8) is 0 Å². The van der Waals surface area contributed by atoms with E-state index in [1.54, 1.807) is 30.3 Å². The molecular formula is C23H25ClN4O4S. The Labute approximate surface area is 198 Å². The Morgan fingerprint density at radius 2 is 2.06 bits per heavy atom. The Balaban J connectivity index is 1.39. The summed E-state index contributed by atoms with van der Waals surface area (Å²) < 4.78 is 34.2. The third-order valence-electron chi connectivity index (χ3n) is 6.25. The molecule has 33 heavy (non-hydrogen) atoms. The van der Waals surface area contributed by atoms with Crippen molar-refractivity contribution in [3.8, 4) is 5.88 Å². The third-order valence-corrected chi connectivity index (χ3v) is 8.41. The molecule has 0 amide bonds. The highest BCUT2D eigenvalue weighted by molar-refractivity contribution is 7.89.